The molecular weight excluding hydrogens is 321 g/mol. The van der Waals surface area contributed by atoms with Gasteiger partial charge in [-0.3, -0.25) is 0 Å². The molecule has 0 aromatic heterocycles. The summed E-state index contributed by atoms with van der Waals surface area (Å²) in [6.45, 7) is 14.6. The summed E-state index contributed by atoms with van der Waals surface area (Å²) in [5, 5.41) is 0.850. The highest BCUT2D eigenvalue weighted by Gasteiger charge is 2.24. The second kappa shape index (κ2) is 8.35. The molecule has 1 aromatic carbocycles. The first-order chi connectivity index (χ1) is 12.3. The predicted molar refractivity (Wildman–Crippen MR) is 112 cm³/mol. The Morgan fingerprint density at radius 2 is 2.04 bits per heavy atom. The summed E-state index contributed by atoms with van der Waals surface area (Å²) in [6, 6.07) is 6.32. The van der Waals surface area contributed by atoms with E-state index >= 15 is 0 Å². The monoisotopic (exact) mass is 351 g/mol. The molecule has 0 N–H and O–H groups in total. The maximum absolute atomic E-state index is 14.7. The van der Waals surface area contributed by atoms with Crippen LogP contribution in [0.4, 0.5) is 4.48 Å². The van der Waals surface area contributed by atoms with Crippen LogP contribution in [0.15, 0.2) is 66.8 Å². The van der Waals surface area contributed by atoms with Crippen molar-refractivity contribution in [3.8, 4) is 0 Å². The molecule has 0 atom stereocenters. The third kappa shape index (κ3) is 4.43. The Morgan fingerprint density at radius 1 is 1.31 bits per heavy atom. The van der Waals surface area contributed by atoms with Crippen LogP contribution < -0.4 is 0 Å². The van der Waals surface area contributed by atoms with E-state index in [1.807, 2.05) is 31.2 Å². The van der Waals surface area contributed by atoms with Crippen LogP contribution in [0.2, 0.25) is 0 Å². The van der Waals surface area contributed by atoms with Crippen molar-refractivity contribution in [2.24, 2.45) is 5.41 Å². The van der Waals surface area contributed by atoms with Crippen LogP contribution in [-0.4, -0.2) is 11.7 Å². The smallest absolute Gasteiger partial charge is 0.0769 e. The highest BCUT2D eigenvalue weighted by atomic mass is 19.2. The Balaban J connectivity index is 2.58. The summed E-state index contributed by atoms with van der Waals surface area (Å²) in [5.74, 6) is 0. The molecule has 0 saturated carbocycles. The molecular formula is C24H30FN. The molecule has 0 saturated heterocycles. The molecule has 1 aromatic rings. The highest BCUT2D eigenvalue weighted by Crippen LogP contribution is 2.36. The van der Waals surface area contributed by atoms with Crippen LogP contribution in [0, 0.1) is 5.41 Å². The molecule has 0 bridgehead atoms. The van der Waals surface area contributed by atoms with Gasteiger partial charge >= 0.3 is 0 Å². The van der Waals surface area contributed by atoms with Gasteiger partial charge in [-0.25, -0.2) is 5.12 Å². The van der Waals surface area contributed by atoms with Gasteiger partial charge < -0.3 is 0 Å². The summed E-state index contributed by atoms with van der Waals surface area (Å²) in [7, 11) is 0. The quantitative estimate of drug-likeness (QED) is 0.411. The predicted octanol–water partition coefficient (Wildman–Crippen LogP) is 6.91. The van der Waals surface area contributed by atoms with Gasteiger partial charge in [0.25, 0.3) is 0 Å². The minimum absolute atomic E-state index is 0.00230. The third-order valence-electron chi connectivity index (χ3n) is 4.71. The standard InChI is InChI=1S/C24H30FN/c1-7-10-11-18(8-2)20-13-12-19(9-3)22(16-20)23-17-21(24(4,5)6)14-15-26(23)25/h7-8,10-14,16-17H,1,9,15H2,2-6H3/b11-10-,18-8+. The molecule has 26 heavy (non-hydrogen) atoms. The molecule has 0 aliphatic carbocycles. The van der Waals surface area contributed by atoms with E-state index in [9.17, 15) is 4.48 Å². The summed E-state index contributed by atoms with van der Waals surface area (Å²) in [4.78, 5) is 0. The van der Waals surface area contributed by atoms with E-state index in [1.54, 1.807) is 6.08 Å². The van der Waals surface area contributed by atoms with Crippen molar-refractivity contribution in [3.05, 3.63) is 83.5 Å². The molecule has 0 unspecified atom stereocenters. The zero-order valence-electron chi connectivity index (χ0n) is 16.6. The Kier molecular flexibility index (Phi) is 6.42. The van der Waals surface area contributed by atoms with Crippen molar-refractivity contribution in [2.75, 3.05) is 6.54 Å². The number of allylic oxidation sites excluding steroid dienone is 7. The molecule has 0 fully saturated rings. The van der Waals surface area contributed by atoms with Crippen LogP contribution >= 0.6 is 0 Å². The SMILES string of the molecule is C=C/C=C\C(=C/C)c1ccc(CC)c(C2=CC(C(C)(C)C)=CCN2F)c1. The Labute approximate surface area is 157 Å². The lowest BCUT2D eigenvalue weighted by atomic mass is 9.83. The number of aryl methyl sites for hydroxylation is 1. The Bertz CT molecular complexity index is 785. The van der Waals surface area contributed by atoms with Crippen LogP contribution in [0.1, 0.15) is 51.3 Å². The van der Waals surface area contributed by atoms with Gasteiger partial charge in [0, 0.05) is 5.56 Å². The van der Waals surface area contributed by atoms with Crippen LogP contribution in [-0.2, 0) is 6.42 Å². The minimum Gasteiger partial charge on any atom is -0.207 e. The number of halogens is 1. The number of hydrogen-bond donors (Lipinski definition) is 0. The minimum atomic E-state index is -0.00230. The Hall–Kier alpha value is -2.35. The zero-order chi connectivity index (χ0) is 19.3. The van der Waals surface area contributed by atoms with Crippen molar-refractivity contribution in [1.82, 2.24) is 5.12 Å². The van der Waals surface area contributed by atoms with E-state index in [2.05, 4.69) is 58.5 Å². The lowest BCUT2D eigenvalue weighted by Crippen LogP contribution is -2.21. The third-order valence-corrected chi connectivity index (χ3v) is 4.71. The fourth-order valence-corrected chi connectivity index (χ4v) is 3.12. The molecule has 0 radical (unpaired) electrons. The largest absolute Gasteiger partial charge is 0.207 e. The van der Waals surface area contributed by atoms with Crippen molar-refractivity contribution >= 4 is 11.3 Å². The number of nitrogens with zero attached hydrogens (tertiary/aromatic N) is 1. The average molecular weight is 352 g/mol. The second-order valence-corrected chi connectivity index (χ2v) is 7.55. The van der Waals surface area contributed by atoms with E-state index in [-0.39, 0.29) is 5.41 Å². The first-order valence-corrected chi connectivity index (χ1v) is 9.26. The maximum atomic E-state index is 14.7. The number of benzene rings is 1. The fraction of sp³-hybridized carbons (Fsp3) is 0.333. The number of rotatable bonds is 5. The van der Waals surface area contributed by atoms with Crippen molar-refractivity contribution in [3.63, 3.8) is 0 Å². The zero-order valence-corrected chi connectivity index (χ0v) is 16.6. The van der Waals surface area contributed by atoms with Gasteiger partial charge in [0.05, 0.1) is 12.2 Å². The molecule has 1 aliphatic heterocycles. The molecule has 2 rings (SSSR count). The van der Waals surface area contributed by atoms with Crippen LogP contribution in [0.5, 0.6) is 0 Å². The van der Waals surface area contributed by atoms with Crippen LogP contribution in [0.25, 0.3) is 11.3 Å². The average Bonchev–Trinajstić information content (AvgIpc) is 2.61. The molecule has 0 amide bonds. The first-order valence-electron chi connectivity index (χ1n) is 9.26. The molecule has 2 heteroatoms. The van der Waals surface area contributed by atoms with Crippen molar-refractivity contribution in [1.29, 1.82) is 0 Å². The van der Waals surface area contributed by atoms with Crippen molar-refractivity contribution < 1.29 is 4.48 Å². The summed E-state index contributed by atoms with van der Waals surface area (Å²) in [6.07, 6.45) is 12.6. The lowest BCUT2D eigenvalue weighted by molar-refractivity contribution is 0.120. The fourth-order valence-electron chi connectivity index (χ4n) is 3.12. The molecule has 1 nitrogen and oxygen atoms in total. The van der Waals surface area contributed by atoms with Gasteiger partial charge in [0.2, 0.25) is 0 Å². The van der Waals surface area contributed by atoms with Crippen LogP contribution in [0.3, 0.4) is 0 Å². The van der Waals surface area contributed by atoms with E-state index in [1.165, 1.54) is 5.57 Å². The van der Waals surface area contributed by atoms with E-state index in [0.29, 0.717) is 12.2 Å². The van der Waals surface area contributed by atoms with Gasteiger partial charge in [-0.1, -0.05) is 81.3 Å². The van der Waals surface area contributed by atoms with E-state index in [0.717, 1.165) is 33.8 Å². The molecule has 1 aliphatic rings. The maximum Gasteiger partial charge on any atom is 0.0769 e. The van der Waals surface area contributed by atoms with Gasteiger partial charge in [-0.05, 0) is 53.2 Å². The summed E-state index contributed by atoms with van der Waals surface area (Å²) >= 11 is 0. The highest BCUT2D eigenvalue weighted by molar-refractivity contribution is 5.79. The topological polar surface area (TPSA) is 3.24 Å². The lowest BCUT2D eigenvalue weighted by Gasteiger charge is -2.29. The molecule has 1 heterocycles. The number of hydrogen-bond acceptors (Lipinski definition) is 1. The Morgan fingerprint density at radius 3 is 2.62 bits per heavy atom. The van der Waals surface area contributed by atoms with Crippen molar-refractivity contribution in [2.45, 2.75) is 41.0 Å². The molecule has 138 valence electrons. The van der Waals surface area contributed by atoms with E-state index < -0.39 is 0 Å². The first kappa shape index (κ1) is 20.0. The van der Waals surface area contributed by atoms with Gasteiger partial charge in [-0.2, -0.15) is 0 Å². The van der Waals surface area contributed by atoms with Gasteiger partial charge in [0.15, 0.2) is 0 Å². The van der Waals surface area contributed by atoms with Gasteiger partial charge in [-0.15, -0.1) is 0 Å². The summed E-state index contributed by atoms with van der Waals surface area (Å²) in [5.41, 5.74) is 6.12. The van der Waals surface area contributed by atoms with Gasteiger partial charge in [0.1, 0.15) is 0 Å². The summed E-state index contributed by atoms with van der Waals surface area (Å²) < 4.78 is 14.7. The molecule has 0 spiro atoms. The van der Waals surface area contributed by atoms with E-state index in [4.69, 9.17) is 0 Å². The second-order valence-electron chi connectivity index (χ2n) is 7.55. The normalized spacial score (nSPS) is 15.9.